The molecule has 8 heteroatoms. The normalized spacial score (nSPS) is 11.5. The van der Waals surface area contributed by atoms with Crippen LogP contribution < -0.4 is 10.6 Å². The van der Waals surface area contributed by atoms with Gasteiger partial charge in [0.1, 0.15) is 12.3 Å². The number of hydrogen-bond donors (Lipinski definition) is 3. The lowest BCUT2D eigenvalue weighted by atomic mass is 9.99. The topological polar surface area (TPSA) is 121 Å². The number of fused-ring (bicyclic) bond motifs is 1. The molecular formula is C28H30N4O4. The van der Waals surface area contributed by atoms with E-state index in [9.17, 15) is 19.2 Å². The van der Waals surface area contributed by atoms with E-state index in [-0.39, 0.29) is 17.4 Å². The van der Waals surface area contributed by atoms with Crippen molar-refractivity contribution in [2.45, 2.75) is 39.2 Å². The average Bonchev–Trinajstić information content (AvgIpc) is 3.23. The van der Waals surface area contributed by atoms with Crippen LogP contribution in [0.25, 0.3) is 10.9 Å². The number of unbranched alkanes of at least 4 members (excludes halogenated alkanes) is 1. The lowest BCUT2D eigenvalue weighted by Crippen LogP contribution is -2.24. The van der Waals surface area contributed by atoms with Crippen molar-refractivity contribution in [3.05, 3.63) is 77.0 Å². The Morgan fingerprint density at radius 2 is 1.86 bits per heavy atom. The molecule has 1 atom stereocenters. The summed E-state index contributed by atoms with van der Waals surface area (Å²) < 4.78 is 1.82. The summed E-state index contributed by atoms with van der Waals surface area (Å²) in [7, 11) is 1.57. The van der Waals surface area contributed by atoms with E-state index in [1.165, 1.54) is 0 Å². The third-order valence-electron chi connectivity index (χ3n) is 6.18. The van der Waals surface area contributed by atoms with Crippen LogP contribution in [0.1, 0.15) is 57.7 Å². The predicted molar refractivity (Wildman–Crippen MR) is 141 cm³/mol. The Labute approximate surface area is 209 Å². The number of Topliss-reactive ketones (excluding diaryl/α,β-unsaturated/α-hetero) is 1. The van der Waals surface area contributed by atoms with Gasteiger partial charge in [0, 0.05) is 59.2 Å². The zero-order valence-corrected chi connectivity index (χ0v) is 20.7. The van der Waals surface area contributed by atoms with Crippen LogP contribution in [0, 0.1) is 12.3 Å². The SMILES string of the molecule is C=C(C=N)C(=O)c1ccc(CCCC=O)c(NC(=O)C(C)n2cc(C)c3ccc(C(=O)NC)cc32)c1. The van der Waals surface area contributed by atoms with Gasteiger partial charge in [0.25, 0.3) is 5.91 Å². The van der Waals surface area contributed by atoms with Gasteiger partial charge in [-0.25, -0.2) is 0 Å². The molecule has 0 aliphatic carbocycles. The van der Waals surface area contributed by atoms with Crippen LogP contribution in [0.2, 0.25) is 0 Å². The summed E-state index contributed by atoms with van der Waals surface area (Å²) >= 11 is 0. The smallest absolute Gasteiger partial charge is 0.251 e. The van der Waals surface area contributed by atoms with E-state index < -0.39 is 11.8 Å². The van der Waals surface area contributed by atoms with Crippen molar-refractivity contribution in [2.24, 2.45) is 0 Å². The predicted octanol–water partition coefficient (Wildman–Crippen LogP) is 4.42. The van der Waals surface area contributed by atoms with Crippen LogP contribution >= 0.6 is 0 Å². The van der Waals surface area contributed by atoms with E-state index in [0.29, 0.717) is 36.1 Å². The molecule has 0 aliphatic heterocycles. The summed E-state index contributed by atoms with van der Waals surface area (Å²) in [6, 6.07) is 9.72. The van der Waals surface area contributed by atoms with Gasteiger partial charge >= 0.3 is 0 Å². The third kappa shape index (κ3) is 5.49. The molecule has 2 amide bonds. The number of allylic oxidation sites excluding steroid dienone is 1. The first kappa shape index (κ1) is 26.3. The maximum atomic E-state index is 13.4. The molecule has 36 heavy (non-hydrogen) atoms. The van der Waals surface area contributed by atoms with E-state index in [0.717, 1.165) is 34.5 Å². The van der Waals surface area contributed by atoms with Crippen LogP contribution in [0.4, 0.5) is 5.69 Å². The average molecular weight is 487 g/mol. The Kier molecular flexibility index (Phi) is 8.32. The van der Waals surface area contributed by atoms with Crippen molar-refractivity contribution in [1.82, 2.24) is 9.88 Å². The van der Waals surface area contributed by atoms with Gasteiger partial charge in [-0.2, -0.15) is 0 Å². The third-order valence-corrected chi connectivity index (χ3v) is 6.18. The minimum Gasteiger partial charge on any atom is -0.355 e. The van der Waals surface area contributed by atoms with Crippen molar-refractivity contribution >= 4 is 46.7 Å². The van der Waals surface area contributed by atoms with Gasteiger partial charge in [0.15, 0.2) is 5.78 Å². The fraction of sp³-hybridized carbons (Fsp3) is 0.250. The number of hydrogen-bond acceptors (Lipinski definition) is 5. The first-order valence-corrected chi connectivity index (χ1v) is 11.7. The van der Waals surface area contributed by atoms with Crippen molar-refractivity contribution in [3.63, 3.8) is 0 Å². The Morgan fingerprint density at radius 3 is 2.53 bits per heavy atom. The highest BCUT2D eigenvalue weighted by molar-refractivity contribution is 6.20. The Hall–Kier alpha value is -4.33. The number of carbonyl (C=O) groups excluding carboxylic acids is 4. The van der Waals surface area contributed by atoms with Crippen LogP contribution in [-0.2, 0) is 16.0 Å². The Morgan fingerprint density at radius 1 is 1.14 bits per heavy atom. The zero-order chi connectivity index (χ0) is 26.4. The Balaban J connectivity index is 1.96. The van der Waals surface area contributed by atoms with Crippen LogP contribution in [-0.4, -0.2) is 41.7 Å². The first-order valence-electron chi connectivity index (χ1n) is 11.7. The lowest BCUT2D eigenvalue weighted by Gasteiger charge is -2.18. The number of rotatable bonds is 11. The number of ketones is 1. The number of nitrogens with zero attached hydrogens (tertiary/aromatic N) is 1. The van der Waals surface area contributed by atoms with Gasteiger partial charge in [0.05, 0.1) is 0 Å². The molecule has 3 rings (SSSR count). The summed E-state index contributed by atoms with van der Waals surface area (Å²) in [5, 5.41) is 13.8. The molecule has 1 unspecified atom stereocenters. The van der Waals surface area contributed by atoms with Crippen LogP contribution in [0.3, 0.4) is 0 Å². The van der Waals surface area contributed by atoms with Crippen molar-refractivity contribution < 1.29 is 19.2 Å². The highest BCUT2D eigenvalue weighted by Gasteiger charge is 2.21. The summed E-state index contributed by atoms with van der Waals surface area (Å²) in [6.07, 6.45) is 5.15. The minimum absolute atomic E-state index is 0.0376. The van der Waals surface area contributed by atoms with E-state index >= 15 is 0 Å². The number of aryl methyl sites for hydroxylation is 2. The fourth-order valence-corrected chi connectivity index (χ4v) is 4.07. The number of amides is 2. The molecule has 0 radical (unpaired) electrons. The molecule has 0 bridgehead atoms. The van der Waals surface area contributed by atoms with Gasteiger partial charge in [-0.3, -0.25) is 14.4 Å². The number of anilines is 1. The van der Waals surface area contributed by atoms with E-state index in [1.807, 2.05) is 23.8 Å². The fourth-order valence-electron chi connectivity index (χ4n) is 4.07. The molecule has 0 saturated heterocycles. The van der Waals surface area contributed by atoms with Gasteiger partial charge < -0.3 is 25.4 Å². The maximum Gasteiger partial charge on any atom is 0.251 e. The molecule has 1 heterocycles. The van der Waals surface area contributed by atoms with Crippen LogP contribution in [0.15, 0.2) is 54.7 Å². The molecule has 1 aromatic heterocycles. The quantitative estimate of drug-likeness (QED) is 0.122. The number of benzene rings is 2. The van der Waals surface area contributed by atoms with E-state index in [2.05, 4.69) is 17.2 Å². The monoisotopic (exact) mass is 486 g/mol. The molecule has 3 N–H and O–H groups in total. The number of aldehydes is 1. The number of aromatic nitrogens is 1. The summed E-state index contributed by atoms with van der Waals surface area (Å²) in [6.45, 7) is 7.30. The number of carbonyl (C=O) groups is 4. The first-order chi connectivity index (χ1) is 17.2. The van der Waals surface area contributed by atoms with Gasteiger partial charge in [-0.1, -0.05) is 24.8 Å². The van der Waals surface area contributed by atoms with Crippen molar-refractivity contribution in [1.29, 1.82) is 5.41 Å². The van der Waals surface area contributed by atoms with Crippen molar-refractivity contribution in [2.75, 3.05) is 12.4 Å². The molecule has 3 aromatic rings. The molecule has 8 nitrogen and oxygen atoms in total. The molecule has 0 spiro atoms. The van der Waals surface area contributed by atoms with Crippen molar-refractivity contribution in [3.8, 4) is 0 Å². The second-order valence-electron chi connectivity index (χ2n) is 8.63. The molecule has 0 aliphatic rings. The summed E-state index contributed by atoms with van der Waals surface area (Å²) in [5.74, 6) is -0.918. The second kappa shape index (κ2) is 11.4. The molecular weight excluding hydrogens is 456 g/mol. The largest absolute Gasteiger partial charge is 0.355 e. The summed E-state index contributed by atoms with van der Waals surface area (Å²) in [5.41, 5.74) is 3.84. The van der Waals surface area contributed by atoms with Gasteiger partial charge in [-0.05, 0) is 56.0 Å². The zero-order valence-electron chi connectivity index (χ0n) is 20.7. The molecule has 0 fully saturated rings. The van der Waals surface area contributed by atoms with Gasteiger partial charge in [0.2, 0.25) is 5.91 Å². The highest BCUT2D eigenvalue weighted by Crippen LogP contribution is 2.28. The highest BCUT2D eigenvalue weighted by atomic mass is 16.2. The minimum atomic E-state index is -0.625. The molecule has 186 valence electrons. The molecule has 0 saturated carbocycles. The summed E-state index contributed by atoms with van der Waals surface area (Å²) in [4.78, 5) is 48.9. The standard InChI is InChI=1S/C28H30N4O4/c1-17(15-29)26(34)21-9-8-20(7-5-6-12-33)24(13-21)31-27(35)19(3)32-16-18(2)23-11-10-22(14-25(23)32)28(36)30-4/h8-16,19,29H,1,5-7H2,2-4H3,(H,30,36)(H,31,35). The second-order valence-corrected chi connectivity index (χ2v) is 8.63. The Bertz CT molecular complexity index is 1370. The van der Waals surface area contributed by atoms with Gasteiger partial charge in [-0.15, -0.1) is 0 Å². The van der Waals surface area contributed by atoms with E-state index in [1.54, 1.807) is 44.3 Å². The molecule has 2 aromatic carbocycles. The number of nitrogens with one attached hydrogen (secondary N) is 3. The van der Waals surface area contributed by atoms with E-state index in [4.69, 9.17) is 5.41 Å². The lowest BCUT2D eigenvalue weighted by molar-refractivity contribution is -0.118. The maximum absolute atomic E-state index is 13.4. The van der Waals surface area contributed by atoms with Crippen LogP contribution in [0.5, 0.6) is 0 Å².